The van der Waals surface area contributed by atoms with Crippen molar-refractivity contribution in [3.8, 4) is 11.5 Å². The molecule has 2 amide bonds. The Labute approximate surface area is 148 Å². The Bertz CT molecular complexity index is 855. The van der Waals surface area contributed by atoms with Crippen LogP contribution in [0.3, 0.4) is 0 Å². The molecule has 1 saturated heterocycles. The molecule has 0 bridgehead atoms. The number of nitrogens with zero attached hydrogens (tertiary/aromatic N) is 1. The van der Waals surface area contributed by atoms with Crippen LogP contribution in [0, 0.1) is 0 Å². The number of ether oxygens (including phenoxy) is 2. The molecule has 0 saturated carbocycles. The van der Waals surface area contributed by atoms with Crippen molar-refractivity contribution < 1.29 is 19.1 Å². The summed E-state index contributed by atoms with van der Waals surface area (Å²) in [4.78, 5) is 27.3. The molecular formula is C18H16N2O4S. The van der Waals surface area contributed by atoms with Gasteiger partial charge in [-0.3, -0.25) is 9.59 Å². The quantitative estimate of drug-likeness (QED) is 0.672. The van der Waals surface area contributed by atoms with Gasteiger partial charge in [0.25, 0.3) is 0 Å². The Morgan fingerprint density at radius 1 is 1.04 bits per heavy atom. The molecular weight excluding hydrogens is 340 g/mol. The summed E-state index contributed by atoms with van der Waals surface area (Å²) >= 11 is 1.36. The predicted molar refractivity (Wildman–Crippen MR) is 95.0 cm³/mol. The molecule has 1 unspecified atom stereocenters. The second-order valence-electron chi connectivity index (χ2n) is 5.78. The fourth-order valence-electron chi connectivity index (χ4n) is 2.89. The lowest BCUT2D eigenvalue weighted by Gasteiger charge is -2.21. The molecule has 0 aliphatic carbocycles. The normalized spacial score (nSPS) is 19.4. The van der Waals surface area contributed by atoms with E-state index in [-0.39, 0.29) is 18.2 Å². The maximum atomic E-state index is 12.8. The Kier molecular flexibility index (Phi) is 4.01. The van der Waals surface area contributed by atoms with Crippen LogP contribution in [-0.2, 0) is 9.59 Å². The topological polar surface area (TPSA) is 81.9 Å². The summed E-state index contributed by atoms with van der Waals surface area (Å²) < 4.78 is 11.0. The number of nitrogen functional groups attached to an aromatic ring is 1. The Balaban J connectivity index is 1.57. The average Bonchev–Trinajstić information content (AvgIpc) is 2.88. The lowest BCUT2D eigenvalue weighted by Crippen LogP contribution is -2.31. The number of anilines is 2. The summed E-state index contributed by atoms with van der Waals surface area (Å²) in [7, 11) is 0. The third-order valence-corrected chi connectivity index (χ3v) is 5.20. The van der Waals surface area contributed by atoms with Crippen molar-refractivity contribution in [1.29, 1.82) is 0 Å². The van der Waals surface area contributed by atoms with Gasteiger partial charge in [0.15, 0.2) is 11.5 Å². The fraction of sp³-hybridized carbons (Fsp3) is 0.222. The number of carbonyl (C=O) groups is 2. The molecule has 1 fully saturated rings. The van der Waals surface area contributed by atoms with Gasteiger partial charge in [-0.15, -0.1) is 11.8 Å². The number of fused-ring (bicyclic) bond motifs is 1. The maximum absolute atomic E-state index is 12.8. The van der Waals surface area contributed by atoms with Gasteiger partial charge < -0.3 is 15.2 Å². The molecule has 2 aliphatic rings. The third-order valence-electron chi connectivity index (χ3n) is 4.03. The van der Waals surface area contributed by atoms with E-state index in [1.807, 2.05) is 12.1 Å². The average molecular weight is 356 g/mol. The minimum Gasteiger partial charge on any atom is -0.486 e. The number of rotatable bonds is 3. The number of hydrogen-bond acceptors (Lipinski definition) is 6. The van der Waals surface area contributed by atoms with Crippen LogP contribution in [0.25, 0.3) is 0 Å². The highest BCUT2D eigenvalue weighted by Gasteiger charge is 2.40. The van der Waals surface area contributed by atoms with E-state index in [4.69, 9.17) is 15.2 Å². The van der Waals surface area contributed by atoms with Crippen molar-refractivity contribution >= 4 is 35.0 Å². The summed E-state index contributed by atoms with van der Waals surface area (Å²) in [5, 5.41) is -0.456. The van der Waals surface area contributed by atoms with Gasteiger partial charge in [0.1, 0.15) is 13.2 Å². The second kappa shape index (κ2) is 6.33. The second-order valence-corrected chi connectivity index (χ2v) is 7.05. The SMILES string of the molecule is Nc1cccc(SC2CC(=O)N(c3ccc4c(c3)OCCO4)C2=O)c1. The summed E-state index contributed by atoms with van der Waals surface area (Å²) in [6, 6.07) is 12.4. The van der Waals surface area contributed by atoms with Gasteiger partial charge in [-0.1, -0.05) is 6.07 Å². The van der Waals surface area contributed by atoms with Crippen LogP contribution in [0.4, 0.5) is 11.4 Å². The summed E-state index contributed by atoms with van der Waals surface area (Å²) in [5.74, 6) is 0.730. The number of thioether (sulfide) groups is 1. The van der Waals surface area contributed by atoms with Crippen LogP contribution in [0.5, 0.6) is 11.5 Å². The number of hydrogen-bond donors (Lipinski definition) is 1. The molecule has 2 heterocycles. The Hall–Kier alpha value is -2.67. The van der Waals surface area contributed by atoms with Crippen molar-refractivity contribution in [2.24, 2.45) is 0 Å². The van der Waals surface area contributed by atoms with Gasteiger partial charge in [-0.25, -0.2) is 4.90 Å². The smallest absolute Gasteiger partial charge is 0.247 e. The zero-order valence-electron chi connectivity index (χ0n) is 13.3. The Morgan fingerprint density at radius 3 is 2.64 bits per heavy atom. The van der Waals surface area contributed by atoms with Gasteiger partial charge in [0.05, 0.1) is 10.9 Å². The molecule has 2 aromatic rings. The van der Waals surface area contributed by atoms with E-state index in [2.05, 4.69) is 0 Å². The van der Waals surface area contributed by atoms with Gasteiger partial charge in [0.2, 0.25) is 11.8 Å². The summed E-state index contributed by atoms with van der Waals surface area (Å²) in [6.07, 6.45) is 0.159. The first-order valence-corrected chi connectivity index (χ1v) is 8.78. The van der Waals surface area contributed by atoms with E-state index in [9.17, 15) is 9.59 Å². The van der Waals surface area contributed by atoms with E-state index in [0.717, 1.165) is 4.90 Å². The molecule has 1 atom stereocenters. The molecule has 6 nitrogen and oxygen atoms in total. The number of nitrogens with two attached hydrogens (primary N) is 1. The van der Waals surface area contributed by atoms with Crippen molar-refractivity contribution in [3.05, 3.63) is 42.5 Å². The van der Waals surface area contributed by atoms with Crippen molar-refractivity contribution in [2.75, 3.05) is 23.8 Å². The number of amides is 2. The van der Waals surface area contributed by atoms with Crippen LogP contribution in [0.1, 0.15) is 6.42 Å². The molecule has 128 valence electrons. The first kappa shape index (κ1) is 15.8. The van der Waals surface area contributed by atoms with E-state index in [1.54, 1.807) is 30.3 Å². The highest BCUT2D eigenvalue weighted by molar-refractivity contribution is 8.00. The third kappa shape index (κ3) is 3.02. The number of benzene rings is 2. The zero-order chi connectivity index (χ0) is 17.4. The molecule has 2 aromatic carbocycles. The highest BCUT2D eigenvalue weighted by Crippen LogP contribution is 2.38. The highest BCUT2D eigenvalue weighted by atomic mass is 32.2. The molecule has 0 aromatic heterocycles. The van der Waals surface area contributed by atoms with Gasteiger partial charge in [-0.05, 0) is 30.3 Å². The van der Waals surface area contributed by atoms with Crippen LogP contribution < -0.4 is 20.1 Å². The molecule has 25 heavy (non-hydrogen) atoms. The monoisotopic (exact) mass is 356 g/mol. The number of carbonyl (C=O) groups excluding carboxylic acids is 2. The van der Waals surface area contributed by atoms with E-state index in [0.29, 0.717) is 36.1 Å². The van der Waals surface area contributed by atoms with Gasteiger partial charge in [0, 0.05) is 23.1 Å². The summed E-state index contributed by atoms with van der Waals surface area (Å²) in [6.45, 7) is 0.944. The lowest BCUT2D eigenvalue weighted by molar-refractivity contribution is -0.121. The van der Waals surface area contributed by atoms with Crippen LogP contribution in [0.2, 0.25) is 0 Å². The Morgan fingerprint density at radius 2 is 1.84 bits per heavy atom. The molecule has 7 heteroatoms. The fourth-order valence-corrected chi connectivity index (χ4v) is 4.01. The molecule has 2 N–H and O–H groups in total. The van der Waals surface area contributed by atoms with Crippen molar-refractivity contribution in [3.63, 3.8) is 0 Å². The minimum atomic E-state index is -0.456. The molecule has 2 aliphatic heterocycles. The van der Waals surface area contributed by atoms with E-state index < -0.39 is 5.25 Å². The van der Waals surface area contributed by atoms with E-state index >= 15 is 0 Å². The van der Waals surface area contributed by atoms with Crippen molar-refractivity contribution in [1.82, 2.24) is 0 Å². The molecule has 0 radical (unpaired) electrons. The zero-order valence-corrected chi connectivity index (χ0v) is 14.1. The van der Waals surface area contributed by atoms with Gasteiger partial charge >= 0.3 is 0 Å². The van der Waals surface area contributed by atoms with Gasteiger partial charge in [-0.2, -0.15) is 0 Å². The number of imide groups is 1. The maximum Gasteiger partial charge on any atom is 0.247 e. The first-order valence-electron chi connectivity index (χ1n) is 7.90. The van der Waals surface area contributed by atoms with Crippen molar-refractivity contribution in [2.45, 2.75) is 16.6 Å². The molecule has 4 rings (SSSR count). The standard InChI is InChI=1S/C18H16N2O4S/c19-11-2-1-3-13(8-11)25-16-10-17(21)20(18(16)22)12-4-5-14-15(9-12)24-7-6-23-14/h1-5,8-9,16H,6-7,10,19H2. The largest absolute Gasteiger partial charge is 0.486 e. The van der Waals surface area contributed by atoms with Crippen LogP contribution >= 0.6 is 11.8 Å². The molecule has 0 spiro atoms. The van der Waals surface area contributed by atoms with Crippen LogP contribution in [-0.4, -0.2) is 30.3 Å². The first-order chi connectivity index (χ1) is 12.1. The van der Waals surface area contributed by atoms with Crippen LogP contribution in [0.15, 0.2) is 47.4 Å². The summed E-state index contributed by atoms with van der Waals surface area (Å²) in [5.41, 5.74) is 6.92. The minimum absolute atomic E-state index is 0.159. The lowest BCUT2D eigenvalue weighted by atomic mass is 10.2. The predicted octanol–water partition coefficient (Wildman–Crippen LogP) is 2.46. The van der Waals surface area contributed by atoms with E-state index in [1.165, 1.54) is 16.7 Å².